The van der Waals surface area contributed by atoms with Crippen molar-refractivity contribution in [2.45, 2.75) is 37.6 Å². The fourth-order valence-electron chi connectivity index (χ4n) is 4.68. The van der Waals surface area contributed by atoms with Gasteiger partial charge in [0.25, 0.3) is 15.9 Å². The molecular weight excluding hydrogens is 550 g/mol. The average molecular weight is 586 g/mol. The summed E-state index contributed by atoms with van der Waals surface area (Å²) in [7, 11) is -0.400. The topological polar surface area (TPSA) is 154 Å². The van der Waals surface area contributed by atoms with Crippen molar-refractivity contribution in [3.05, 3.63) is 71.7 Å². The minimum atomic E-state index is -3.99. The Morgan fingerprint density at radius 1 is 1.24 bits per heavy atom. The lowest BCUT2D eigenvalue weighted by Gasteiger charge is -2.38. The highest BCUT2D eigenvalue weighted by Crippen LogP contribution is 2.31. The summed E-state index contributed by atoms with van der Waals surface area (Å²) in [6.07, 6.45) is 2.40. The predicted octanol–water partition coefficient (Wildman–Crippen LogP) is 2.27. The van der Waals surface area contributed by atoms with Crippen molar-refractivity contribution in [1.29, 1.82) is 0 Å². The summed E-state index contributed by atoms with van der Waals surface area (Å²) in [5.41, 5.74) is 1.51. The summed E-state index contributed by atoms with van der Waals surface area (Å²) in [5, 5.41) is 18.9. The zero-order valence-electron chi connectivity index (χ0n) is 23.4. The third-order valence-corrected chi connectivity index (χ3v) is 8.28. The van der Waals surface area contributed by atoms with Gasteiger partial charge in [-0.15, -0.1) is 0 Å². The second kappa shape index (κ2) is 12.3. The highest BCUT2D eigenvalue weighted by molar-refractivity contribution is 7.92. The maximum Gasteiger partial charge on any atom is 0.335 e. The monoisotopic (exact) mass is 585 g/mol. The number of nitrogens with zero attached hydrogens (tertiary/aromatic N) is 4. The molecule has 1 aromatic heterocycles. The minimum absolute atomic E-state index is 0.111. The van der Waals surface area contributed by atoms with E-state index in [2.05, 4.69) is 14.6 Å². The molecule has 1 amide bonds. The Morgan fingerprint density at radius 2 is 1.95 bits per heavy atom. The van der Waals surface area contributed by atoms with Crippen LogP contribution in [0.4, 0.5) is 5.69 Å². The van der Waals surface area contributed by atoms with Crippen LogP contribution in [-0.2, 0) is 23.6 Å². The number of amides is 1. The van der Waals surface area contributed by atoms with Crippen molar-refractivity contribution >= 4 is 27.6 Å². The fourth-order valence-corrected chi connectivity index (χ4v) is 5.71. The number of aliphatic hydroxyl groups is 1. The zero-order valence-corrected chi connectivity index (χ0v) is 24.2. The van der Waals surface area contributed by atoms with Crippen LogP contribution in [0.2, 0.25) is 0 Å². The third-order valence-electron chi connectivity index (χ3n) is 7.02. The number of carbonyl (C=O) groups excluding carboxylic acids is 1. The number of carbonyl (C=O) groups is 2. The molecule has 0 bridgehead atoms. The molecule has 4 rings (SSSR count). The van der Waals surface area contributed by atoms with Crippen molar-refractivity contribution < 1.29 is 33.0 Å². The van der Waals surface area contributed by atoms with Gasteiger partial charge in [-0.1, -0.05) is 19.1 Å². The molecular formula is C28H35N5O7S. The van der Waals surface area contributed by atoms with Gasteiger partial charge in [-0.05, 0) is 49.9 Å². The molecule has 1 aliphatic rings. The zero-order chi connectivity index (χ0) is 29.9. The first kappa shape index (κ1) is 30.0. The highest BCUT2D eigenvalue weighted by Gasteiger charge is 2.34. The number of sulfonamides is 1. The Bertz CT molecular complexity index is 1510. The number of imidazole rings is 1. The van der Waals surface area contributed by atoms with Gasteiger partial charge < -0.3 is 24.4 Å². The summed E-state index contributed by atoms with van der Waals surface area (Å²) in [6, 6.07) is 10.7. The van der Waals surface area contributed by atoms with E-state index >= 15 is 0 Å². The summed E-state index contributed by atoms with van der Waals surface area (Å²) >= 11 is 0. The third kappa shape index (κ3) is 7.04. The summed E-state index contributed by atoms with van der Waals surface area (Å²) < 4.78 is 36.1. The number of carboxylic acid groups (broad SMARTS) is 1. The first-order valence-electron chi connectivity index (χ1n) is 13.1. The molecule has 220 valence electrons. The van der Waals surface area contributed by atoms with Gasteiger partial charge in [-0.2, -0.15) is 8.42 Å². The number of aliphatic hydroxyl groups excluding tert-OH is 1. The van der Waals surface area contributed by atoms with Gasteiger partial charge in [-0.3, -0.25) is 14.4 Å². The van der Waals surface area contributed by atoms with Crippen molar-refractivity contribution in [1.82, 2.24) is 19.4 Å². The number of benzene rings is 2. The highest BCUT2D eigenvalue weighted by atomic mass is 32.2. The van der Waals surface area contributed by atoms with E-state index in [-0.39, 0.29) is 46.4 Å². The maximum absolute atomic E-state index is 13.7. The van der Waals surface area contributed by atoms with Crippen LogP contribution in [-0.4, -0.2) is 88.7 Å². The largest absolute Gasteiger partial charge is 0.488 e. The number of fused-ring (bicyclic) bond motifs is 1. The first-order chi connectivity index (χ1) is 19.4. The Morgan fingerprint density at radius 3 is 2.56 bits per heavy atom. The molecule has 0 aliphatic carbocycles. The van der Waals surface area contributed by atoms with Crippen LogP contribution in [0, 0.1) is 5.92 Å². The molecule has 0 unspecified atom stereocenters. The lowest BCUT2D eigenvalue weighted by molar-refractivity contribution is 0.0341. The second-order valence-electron chi connectivity index (χ2n) is 10.5. The molecule has 0 saturated heterocycles. The number of aromatic carboxylic acids is 1. The number of nitrogens with one attached hydrogen (secondary N) is 1. The molecule has 1 aliphatic heterocycles. The van der Waals surface area contributed by atoms with Crippen LogP contribution in [0.15, 0.2) is 60.0 Å². The number of rotatable bonds is 10. The van der Waals surface area contributed by atoms with E-state index in [0.717, 1.165) is 5.56 Å². The van der Waals surface area contributed by atoms with E-state index in [0.29, 0.717) is 25.4 Å². The van der Waals surface area contributed by atoms with Gasteiger partial charge >= 0.3 is 5.97 Å². The number of hydrogen-bond donors (Lipinski definition) is 3. The van der Waals surface area contributed by atoms with Crippen molar-refractivity contribution in [2.24, 2.45) is 13.0 Å². The molecule has 3 aromatic rings. The smallest absolute Gasteiger partial charge is 0.335 e. The van der Waals surface area contributed by atoms with Crippen LogP contribution in [0.5, 0.6) is 5.75 Å². The van der Waals surface area contributed by atoms with E-state index in [4.69, 9.17) is 9.84 Å². The second-order valence-corrected chi connectivity index (χ2v) is 12.1. The lowest BCUT2D eigenvalue weighted by atomic mass is 9.99. The number of likely N-dealkylation sites (N-methyl/N-ethyl adjacent to an activating group) is 1. The molecule has 0 saturated carbocycles. The Hall–Kier alpha value is -3.94. The minimum Gasteiger partial charge on any atom is -0.488 e. The van der Waals surface area contributed by atoms with Crippen molar-refractivity contribution in [3.63, 3.8) is 0 Å². The molecule has 41 heavy (non-hydrogen) atoms. The Labute approximate surface area is 239 Å². The maximum atomic E-state index is 13.7. The molecule has 0 spiro atoms. The van der Waals surface area contributed by atoms with Crippen molar-refractivity contribution in [3.8, 4) is 5.75 Å². The molecule has 12 nitrogen and oxygen atoms in total. The number of anilines is 1. The molecule has 0 radical (unpaired) electrons. The number of carboxylic acids is 1. The Kier molecular flexibility index (Phi) is 9.00. The lowest BCUT2D eigenvalue weighted by Crippen LogP contribution is -2.49. The number of aromatic nitrogens is 2. The van der Waals surface area contributed by atoms with Gasteiger partial charge in [0, 0.05) is 44.5 Å². The van der Waals surface area contributed by atoms with Crippen LogP contribution in [0.3, 0.4) is 0 Å². The summed E-state index contributed by atoms with van der Waals surface area (Å²) in [6.45, 7) is 4.84. The van der Waals surface area contributed by atoms with Gasteiger partial charge in [0.15, 0.2) is 5.03 Å². The van der Waals surface area contributed by atoms with Gasteiger partial charge in [0.2, 0.25) is 0 Å². The fraction of sp³-hybridized carbons (Fsp3) is 0.393. The number of aryl methyl sites for hydroxylation is 1. The van der Waals surface area contributed by atoms with E-state index in [1.54, 1.807) is 49.2 Å². The van der Waals surface area contributed by atoms with E-state index < -0.39 is 22.0 Å². The van der Waals surface area contributed by atoms with Gasteiger partial charge in [-0.25, -0.2) is 9.78 Å². The van der Waals surface area contributed by atoms with E-state index in [1.165, 1.54) is 29.2 Å². The molecule has 3 atom stereocenters. The van der Waals surface area contributed by atoms with Gasteiger partial charge in [0.05, 0.1) is 30.1 Å². The van der Waals surface area contributed by atoms with Crippen LogP contribution in [0.25, 0.3) is 0 Å². The first-order valence-corrected chi connectivity index (χ1v) is 14.6. The molecule has 13 heteroatoms. The normalized spacial score (nSPS) is 18.3. The number of ether oxygens (including phenoxy) is 1. The Balaban J connectivity index is 1.60. The summed E-state index contributed by atoms with van der Waals surface area (Å²) in [4.78, 5) is 32.4. The summed E-state index contributed by atoms with van der Waals surface area (Å²) in [5.74, 6) is -1.16. The van der Waals surface area contributed by atoms with E-state index in [1.807, 2.05) is 14.0 Å². The van der Waals surface area contributed by atoms with Crippen LogP contribution < -0.4 is 9.46 Å². The van der Waals surface area contributed by atoms with E-state index in [9.17, 15) is 23.1 Å². The quantitative estimate of drug-likeness (QED) is 0.325. The van der Waals surface area contributed by atoms with Crippen molar-refractivity contribution in [2.75, 3.05) is 31.5 Å². The SMILES string of the molecule is C[C@H]1CN([C@@H](C)CO)C(=O)c2cc(NS(=O)(=O)c3cn(C)cn3)ccc2O[C@@H]1CN(C)Cc1ccc(C(=O)O)cc1. The molecule has 3 N–H and O–H groups in total. The molecule has 0 fully saturated rings. The predicted molar refractivity (Wildman–Crippen MR) is 151 cm³/mol. The number of hydrogen-bond acceptors (Lipinski definition) is 8. The van der Waals surface area contributed by atoms with Crippen LogP contribution in [0.1, 0.15) is 40.1 Å². The molecule has 2 heterocycles. The molecule has 2 aromatic carbocycles. The van der Waals surface area contributed by atoms with Crippen LogP contribution >= 0.6 is 0 Å². The van der Waals surface area contributed by atoms with Gasteiger partial charge in [0.1, 0.15) is 11.9 Å². The average Bonchev–Trinajstić information content (AvgIpc) is 3.38. The standard InChI is InChI=1S/C28H35N5O7S/c1-18-12-33(19(2)16-34)27(35)23-11-22(30-41(38,39)26-15-32(4)17-29-26)9-10-24(23)40-25(18)14-31(3)13-20-5-7-21(8-6-20)28(36)37/h5-11,15,17-19,25,30,34H,12-14,16H2,1-4H3,(H,36,37)/t18-,19-,25+/m0/s1.